The Morgan fingerprint density at radius 2 is 1.31 bits per heavy atom. The van der Waals surface area contributed by atoms with Crippen LogP contribution in [-0.2, 0) is 0 Å². The number of hydrogen-bond acceptors (Lipinski definition) is 0. The van der Waals surface area contributed by atoms with Crippen LogP contribution in [0.1, 0.15) is 27.7 Å². The summed E-state index contributed by atoms with van der Waals surface area (Å²) in [5.74, 6) is -3.93. The van der Waals surface area contributed by atoms with E-state index in [0.717, 1.165) is 0 Å². The van der Waals surface area contributed by atoms with E-state index in [1.807, 2.05) is 13.8 Å². The van der Waals surface area contributed by atoms with Crippen LogP contribution in [0.25, 0.3) is 0 Å². The van der Waals surface area contributed by atoms with Gasteiger partial charge in [0, 0.05) is 0 Å². The molecule has 0 aliphatic rings. The summed E-state index contributed by atoms with van der Waals surface area (Å²) in [6.45, 7) is 10.0. The fourth-order valence-electron chi connectivity index (χ4n) is 1.09. The topological polar surface area (TPSA) is 0 Å². The Morgan fingerprint density at radius 3 is 1.38 bits per heavy atom. The fraction of sp³-hybridized carbons (Fsp3) is 1.00. The van der Waals surface area contributed by atoms with Gasteiger partial charge in [-0.05, 0) is 11.0 Å². The van der Waals surface area contributed by atoms with Crippen molar-refractivity contribution >= 4 is 8.07 Å². The van der Waals surface area contributed by atoms with Gasteiger partial charge in [-0.3, -0.25) is 0 Å². The van der Waals surface area contributed by atoms with Gasteiger partial charge in [0.15, 0.2) is 8.07 Å². The van der Waals surface area contributed by atoms with E-state index in [9.17, 15) is 13.2 Å². The normalized spacial score (nSPS) is 15.2. The third kappa shape index (κ3) is 2.09. The summed E-state index contributed by atoms with van der Waals surface area (Å²) >= 11 is 0. The zero-order valence-electron chi connectivity index (χ0n) is 9.21. The molecule has 0 bridgehead atoms. The molecular formula is C9H19F3Si. The maximum Gasteiger partial charge on any atom is 0.361 e. The molecule has 0 atom stereocenters. The molecule has 80 valence electrons. The van der Waals surface area contributed by atoms with E-state index in [1.54, 1.807) is 13.8 Å². The number of hydrogen-bond donors (Lipinski definition) is 0. The number of halogens is 3. The van der Waals surface area contributed by atoms with Crippen LogP contribution in [0.5, 0.6) is 0 Å². The zero-order valence-corrected chi connectivity index (χ0v) is 10.2. The van der Waals surface area contributed by atoms with Gasteiger partial charge in [0.1, 0.15) is 0 Å². The molecule has 0 heterocycles. The minimum absolute atomic E-state index is 0.0655. The highest BCUT2D eigenvalue weighted by atomic mass is 28.3. The highest BCUT2D eigenvalue weighted by Gasteiger charge is 2.59. The third-order valence-corrected chi connectivity index (χ3v) is 8.98. The molecule has 0 aromatic heterocycles. The Hall–Kier alpha value is 0.00688. The second-order valence-electron chi connectivity index (χ2n) is 5.00. The minimum Gasteiger partial charge on any atom is -0.177 e. The summed E-state index contributed by atoms with van der Waals surface area (Å²) in [7, 11) is -3.20. The molecule has 0 aromatic rings. The van der Waals surface area contributed by atoms with Crippen molar-refractivity contribution in [1.29, 1.82) is 0 Å². The van der Waals surface area contributed by atoms with Crippen molar-refractivity contribution in [3.8, 4) is 0 Å². The first-order valence-electron chi connectivity index (χ1n) is 4.51. The van der Waals surface area contributed by atoms with Crippen LogP contribution in [0.4, 0.5) is 13.2 Å². The minimum atomic E-state index is -4.00. The Labute approximate surface area is 79.5 Å². The standard InChI is InChI=1S/C9H19F3Si/c1-7(2)8(3,4)13(5,6)9(10,11)12/h7H,1-6H3. The van der Waals surface area contributed by atoms with Crippen molar-refractivity contribution in [3.63, 3.8) is 0 Å². The van der Waals surface area contributed by atoms with E-state index in [-0.39, 0.29) is 5.92 Å². The molecule has 0 saturated heterocycles. The summed E-state index contributed by atoms with van der Waals surface area (Å²) in [6.07, 6.45) is 0. The molecule has 13 heavy (non-hydrogen) atoms. The lowest BCUT2D eigenvalue weighted by Crippen LogP contribution is -2.54. The lowest BCUT2D eigenvalue weighted by atomic mass is 9.99. The first-order chi connectivity index (χ1) is 5.44. The fourth-order valence-corrected chi connectivity index (χ4v) is 3.26. The average Bonchev–Trinajstić information content (AvgIpc) is 1.84. The number of alkyl halides is 3. The van der Waals surface area contributed by atoms with Gasteiger partial charge in [-0.15, -0.1) is 0 Å². The zero-order chi connectivity index (χ0) is 11.1. The summed E-state index contributed by atoms with van der Waals surface area (Å²) in [6, 6.07) is 0. The van der Waals surface area contributed by atoms with E-state index in [1.165, 1.54) is 13.1 Å². The van der Waals surface area contributed by atoms with Crippen LogP contribution in [-0.4, -0.2) is 13.9 Å². The number of rotatable bonds is 2. The van der Waals surface area contributed by atoms with Crippen molar-refractivity contribution in [3.05, 3.63) is 0 Å². The van der Waals surface area contributed by atoms with E-state index in [0.29, 0.717) is 0 Å². The molecule has 0 N–H and O–H groups in total. The monoisotopic (exact) mass is 212 g/mol. The van der Waals surface area contributed by atoms with Crippen molar-refractivity contribution < 1.29 is 13.2 Å². The van der Waals surface area contributed by atoms with E-state index >= 15 is 0 Å². The Balaban J connectivity index is 5.04. The largest absolute Gasteiger partial charge is 0.361 e. The smallest absolute Gasteiger partial charge is 0.177 e. The summed E-state index contributed by atoms with van der Waals surface area (Å²) < 4.78 is 38.3. The Morgan fingerprint density at radius 1 is 1.00 bits per heavy atom. The molecule has 0 nitrogen and oxygen atoms in total. The maximum absolute atomic E-state index is 12.8. The van der Waals surface area contributed by atoms with Crippen molar-refractivity contribution in [2.24, 2.45) is 5.92 Å². The van der Waals surface area contributed by atoms with E-state index in [2.05, 4.69) is 0 Å². The van der Waals surface area contributed by atoms with Gasteiger partial charge in [0.05, 0.1) is 0 Å². The Kier molecular flexibility index (Phi) is 3.30. The molecule has 0 aliphatic carbocycles. The molecule has 0 rings (SSSR count). The molecule has 4 heteroatoms. The molecule has 0 unspecified atom stereocenters. The maximum atomic E-state index is 12.8. The lowest BCUT2D eigenvalue weighted by Gasteiger charge is -2.43. The predicted octanol–water partition coefficient (Wildman–Crippen LogP) is 4.23. The molecule has 0 aliphatic heterocycles. The van der Waals surface area contributed by atoms with Crippen molar-refractivity contribution in [2.75, 3.05) is 0 Å². The molecule has 0 radical (unpaired) electrons. The van der Waals surface area contributed by atoms with Gasteiger partial charge in [-0.1, -0.05) is 40.8 Å². The van der Waals surface area contributed by atoms with Crippen LogP contribution in [0.15, 0.2) is 0 Å². The van der Waals surface area contributed by atoms with E-state index in [4.69, 9.17) is 0 Å². The van der Waals surface area contributed by atoms with Gasteiger partial charge in [-0.25, -0.2) is 0 Å². The van der Waals surface area contributed by atoms with Gasteiger partial charge in [0.25, 0.3) is 0 Å². The average molecular weight is 212 g/mol. The third-order valence-electron chi connectivity index (χ3n) is 3.76. The van der Waals surface area contributed by atoms with Crippen LogP contribution in [0, 0.1) is 5.92 Å². The lowest BCUT2D eigenvalue weighted by molar-refractivity contribution is -0.0604. The van der Waals surface area contributed by atoms with Gasteiger partial charge in [0.2, 0.25) is 0 Å². The van der Waals surface area contributed by atoms with Crippen molar-refractivity contribution in [2.45, 2.75) is 51.6 Å². The van der Waals surface area contributed by atoms with Gasteiger partial charge < -0.3 is 0 Å². The van der Waals surface area contributed by atoms with Gasteiger partial charge in [-0.2, -0.15) is 13.2 Å². The molecular weight excluding hydrogens is 193 g/mol. The molecule has 0 aromatic carbocycles. The molecule has 0 spiro atoms. The summed E-state index contributed by atoms with van der Waals surface area (Å²) in [5.41, 5.74) is 0. The van der Waals surface area contributed by atoms with Crippen LogP contribution in [0.2, 0.25) is 18.1 Å². The first kappa shape index (κ1) is 13.0. The SMILES string of the molecule is CC(C)C(C)(C)[Si](C)(C)C(F)(F)F. The Bertz CT molecular complexity index is 180. The highest BCUT2D eigenvalue weighted by molar-refractivity contribution is 6.82. The van der Waals surface area contributed by atoms with E-state index < -0.39 is 18.9 Å². The molecule has 0 fully saturated rings. The molecule has 0 saturated carbocycles. The van der Waals surface area contributed by atoms with Crippen LogP contribution >= 0.6 is 0 Å². The highest BCUT2D eigenvalue weighted by Crippen LogP contribution is 2.51. The van der Waals surface area contributed by atoms with Crippen molar-refractivity contribution in [1.82, 2.24) is 0 Å². The summed E-state index contributed by atoms with van der Waals surface area (Å²) in [5, 5.41) is -0.606. The quantitative estimate of drug-likeness (QED) is 0.601. The summed E-state index contributed by atoms with van der Waals surface area (Å²) in [4.78, 5) is 0. The predicted molar refractivity (Wildman–Crippen MR) is 52.4 cm³/mol. The second kappa shape index (κ2) is 3.30. The molecule has 0 amide bonds. The first-order valence-corrected chi connectivity index (χ1v) is 7.51. The van der Waals surface area contributed by atoms with Gasteiger partial charge >= 0.3 is 5.80 Å². The van der Waals surface area contributed by atoms with Crippen LogP contribution < -0.4 is 0 Å². The second-order valence-corrected chi connectivity index (χ2v) is 10.1. The van der Waals surface area contributed by atoms with Crippen LogP contribution in [0.3, 0.4) is 0 Å².